The van der Waals surface area contributed by atoms with Crippen molar-refractivity contribution in [3.63, 3.8) is 0 Å². The third-order valence-electron chi connectivity index (χ3n) is 4.14. The second kappa shape index (κ2) is 5.47. The number of hydrogen-bond donors (Lipinski definition) is 1. The lowest BCUT2D eigenvalue weighted by atomic mass is 9.81. The summed E-state index contributed by atoms with van der Waals surface area (Å²) in [5.41, 5.74) is 6.86. The number of benzene rings is 1. The van der Waals surface area contributed by atoms with E-state index in [1.165, 1.54) is 0 Å². The van der Waals surface area contributed by atoms with Crippen molar-refractivity contribution in [1.82, 2.24) is 0 Å². The Morgan fingerprint density at radius 2 is 2.20 bits per heavy atom. The number of ether oxygens (including phenoxy) is 2. The quantitative estimate of drug-likeness (QED) is 0.664. The molecule has 2 atom stereocenters. The van der Waals surface area contributed by atoms with Crippen LogP contribution in [0.5, 0.6) is 0 Å². The van der Waals surface area contributed by atoms with Gasteiger partial charge in [0.2, 0.25) is 0 Å². The second-order valence-corrected chi connectivity index (χ2v) is 6.58. The number of hydrogen-bond acceptors (Lipinski definition) is 4. The number of carbonyl (C=O) groups excluding carboxylic acids is 1. The fourth-order valence-electron chi connectivity index (χ4n) is 3.11. The van der Waals surface area contributed by atoms with Gasteiger partial charge in [-0.15, -0.1) is 0 Å². The van der Waals surface area contributed by atoms with Crippen molar-refractivity contribution in [3.05, 3.63) is 28.2 Å². The Balaban J connectivity index is 1.79. The predicted octanol–water partition coefficient (Wildman–Crippen LogP) is 2.80. The summed E-state index contributed by atoms with van der Waals surface area (Å²) in [6.45, 7) is 1.96. The number of anilines is 1. The number of ketones is 1. The Kier molecular flexibility index (Phi) is 3.84. The lowest BCUT2D eigenvalue weighted by molar-refractivity contribution is -0.0920. The normalized spacial score (nSPS) is 29.8. The van der Waals surface area contributed by atoms with Crippen LogP contribution in [-0.2, 0) is 9.47 Å². The number of carbonyl (C=O) groups is 1. The second-order valence-electron chi connectivity index (χ2n) is 5.66. The van der Waals surface area contributed by atoms with Crippen LogP contribution in [0.25, 0.3) is 0 Å². The summed E-state index contributed by atoms with van der Waals surface area (Å²) in [6.07, 6.45) is 2.41. The van der Waals surface area contributed by atoms with Crippen molar-refractivity contribution >= 4 is 27.4 Å². The van der Waals surface area contributed by atoms with Gasteiger partial charge in [-0.2, -0.15) is 0 Å². The molecule has 0 saturated carbocycles. The summed E-state index contributed by atoms with van der Waals surface area (Å²) in [5, 5.41) is 0. The van der Waals surface area contributed by atoms with Crippen LogP contribution in [0.15, 0.2) is 22.7 Å². The first-order chi connectivity index (χ1) is 9.58. The van der Waals surface area contributed by atoms with Crippen molar-refractivity contribution in [1.29, 1.82) is 0 Å². The molecule has 108 valence electrons. The third-order valence-corrected chi connectivity index (χ3v) is 4.59. The fourth-order valence-corrected chi connectivity index (χ4v) is 3.62. The van der Waals surface area contributed by atoms with E-state index in [2.05, 4.69) is 15.9 Å². The SMILES string of the molecule is Nc1cc(Br)cc(C(=O)C2CCOC3(CCOC3)C2)c1. The maximum Gasteiger partial charge on any atom is 0.166 e. The van der Waals surface area contributed by atoms with Gasteiger partial charge in [-0.05, 0) is 31.0 Å². The van der Waals surface area contributed by atoms with E-state index in [-0.39, 0.29) is 17.3 Å². The van der Waals surface area contributed by atoms with Gasteiger partial charge in [-0.25, -0.2) is 0 Å². The van der Waals surface area contributed by atoms with Crippen LogP contribution in [0.3, 0.4) is 0 Å². The first-order valence-electron chi connectivity index (χ1n) is 6.90. The molecule has 1 aromatic rings. The molecule has 0 radical (unpaired) electrons. The Morgan fingerprint density at radius 3 is 2.90 bits per heavy atom. The van der Waals surface area contributed by atoms with E-state index in [9.17, 15) is 4.79 Å². The molecule has 2 fully saturated rings. The summed E-state index contributed by atoms with van der Waals surface area (Å²) < 4.78 is 12.2. The summed E-state index contributed by atoms with van der Waals surface area (Å²) >= 11 is 3.39. The van der Waals surface area contributed by atoms with Crippen LogP contribution in [0.2, 0.25) is 0 Å². The summed E-state index contributed by atoms with van der Waals surface area (Å²) in [6, 6.07) is 5.39. The van der Waals surface area contributed by atoms with Gasteiger partial charge in [-0.3, -0.25) is 4.79 Å². The molecule has 20 heavy (non-hydrogen) atoms. The lowest BCUT2D eigenvalue weighted by Crippen LogP contribution is -2.42. The van der Waals surface area contributed by atoms with Gasteiger partial charge >= 0.3 is 0 Å². The van der Waals surface area contributed by atoms with E-state index in [1.807, 2.05) is 6.07 Å². The van der Waals surface area contributed by atoms with Gasteiger partial charge in [0.1, 0.15) is 0 Å². The van der Waals surface area contributed by atoms with Crippen molar-refractivity contribution in [3.8, 4) is 0 Å². The highest BCUT2D eigenvalue weighted by Gasteiger charge is 2.43. The van der Waals surface area contributed by atoms with Crippen molar-refractivity contribution < 1.29 is 14.3 Å². The molecular formula is C15H18BrNO3. The van der Waals surface area contributed by atoms with Crippen molar-refractivity contribution in [2.24, 2.45) is 5.92 Å². The third kappa shape index (κ3) is 2.75. The molecule has 1 spiro atoms. The van der Waals surface area contributed by atoms with E-state index in [0.717, 1.165) is 30.3 Å². The Labute approximate surface area is 126 Å². The Morgan fingerprint density at radius 1 is 1.35 bits per heavy atom. The molecule has 2 aliphatic rings. The van der Waals surface area contributed by atoms with Gasteiger partial charge in [0.15, 0.2) is 5.78 Å². The number of rotatable bonds is 2. The monoisotopic (exact) mass is 339 g/mol. The topological polar surface area (TPSA) is 61.6 Å². The minimum Gasteiger partial charge on any atom is -0.399 e. The zero-order valence-electron chi connectivity index (χ0n) is 11.2. The van der Waals surface area contributed by atoms with Crippen LogP contribution < -0.4 is 5.73 Å². The molecule has 0 aromatic heterocycles. The molecule has 0 aliphatic carbocycles. The largest absolute Gasteiger partial charge is 0.399 e. The summed E-state index contributed by atoms with van der Waals surface area (Å²) in [5.74, 6) is 0.159. The molecular weight excluding hydrogens is 322 g/mol. The van der Waals surface area contributed by atoms with Gasteiger partial charge < -0.3 is 15.2 Å². The summed E-state index contributed by atoms with van der Waals surface area (Å²) in [4.78, 5) is 12.7. The molecule has 0 bridgehead atoms. The smallest absolute Gasteiger partial charge is 0.166 e. The van der Waals surface area contributed by atoms with Crippen LogP contribution >= 0.6 is 15.9 Å². The fraction of sp³-hybridized carbons (Fsp3) is 0.533. The van der Waals surface area contributed by atoms with Crippen molar-refractivity contribution in [2.45, 2.75) is 24.9 Å². The van der Waals surface area contributed by atoms with Crippen LogP contribution in [-0.4, -0.2) is 31.2 Å². The predicted molar refractivity (Wildman–Crippen MR) is 79.7 cm³/mol. The number of Topliss-reactive ketones (excluding diaryl/α,β-unsaturated/α-hetero) is 1. The van der Waals surface area contributed by atoms with Gasteiger partial charge in [-0.1, -0.05) is 15.9 Å². The van der Waals surface area contributed by atoms with Gasteiger partial charge in [0, 0.05) is 41.3 Å². The highest BCUT2D eigenvalue weighted by Crippen LogP contribution is 2.37. The zero-order chi connectivity index (χ0) is 14.2. The lowest BCUT2D eigenvalue weighted by Gasteiger charge is -2.36. The molecule has 5 heteroatoms. The Bertz CT molecular complexity index is 506. The van der Waals surface area contributed by atoms with Gasteiger partial charge in [0.05, 0.1) is 12.2 Å². The maximum absolute atomic E-state index is 12.7. The number of nitrogen functional groups attached to an aromatic ring is 1. The summed E-state index contributed by atoms with van der Waals surface area (Å²) in [7, 11) is 0. The molecule has 1 aromatic carbocycles. The van der Waals surface area contributed by atoms with E-state index in [4.69, 9.17) is 15.2 Å². The van der Waals surface area contributed by atoms with E-state index < -0.39 is 0 Å². The molecule has 3 rings (SSSR count). The molecule has 2 aliphatic heterocycles. The average molecular weight is 340 g/mol. The zero-order valence-corrected chi connectivity index (χ0v) is 12.8. The minimum absolute atomic E-state index is 0.000787. The van der Waals surface area contributed by atoms with Crippen LogP contribution in [0.1, 0.15) is 29.6 Å². The Hall–Kier alpha value is -0.910. The highest BCUT2D eigenvalue weighted by molar-refractivity contribution is 9.10. The van der Waals surface area contributed by atoms with E-state index in [1.54, 1.807) is 12.1 Å². The van der Waals surface area contributed by atoms with Crippen LogP contribution in [0.4, 0.5) is 5.69 Å². The first kappa shape index (κ1) is 14.0. The molecule has 2 saturated heterocycles. The van der Waals surface area contributed by atoms with Gasteiger partial charge in [0.25, 0.3) is 0 Å². The number of halogens is 1. The van der Waals surface area contributed by atoms with E-state index in [0.29, 0.717) is 24.5 Å². The first-order valence-corrected chi connectivity index (χ1v) is 7.69. The van der Waals surface area contributed by atoms with Crippen LogP contribution in [0, 0.1) is 5.92 Å². The highest BCUT2D eigenvalue weighted by atomic mass is 79.9. The molecule has 2 heterocycles. The molecule has 0 amide bonds. The van der Waals surface area contributed by atoms with Crippen molar-refractivity contribution in [2.75, 3.05) is 25.6 Å². The average Bonchev–Trinajstić information content (AvgIpc) is 2.85. The molecule has 4 nitrogen and oxygen atoms in total. The standard InChI is InChI=1S/C15H18BrNO3/c16-12-5-11(6-13(17)7-12)14(18)10-1-3-20-15(8-10)2-4-19-9-15/h5-7,10H,1-4,8-9,17H2. The molecule has 2 N–H and O–H groups in total. The minimum atomic E-state index is -0.240. The molecule has 2 unspecified atom stereocenters. The maximum atomic E-state index is 12.7. The van der Waals surface area contributed by atoms with E-state index >= 15 is 0 Å². The number of nitrogens with two attached hydrogens (primary N) is 1.